The van der Waals surface area contributed by atoms with Gasteiger partial charge >= 0.3 is 12.0 Å². The van der Waals surface area contributed by atoms with Crippen LogP contribution in [0.5, 0.6) is 0 Å². The zero-order valence-corrected chi connectivity index (χ0v) is 12.5. The highest BCUT2D eigenvalue weighted by Crippen LogP contribution is 2.19. The van der Waals surface area contributed by atoms with Crippen LogP contribution in [0.25, 0.3) is 0 Å². The first-order valence-corrected chi connectivity index (χ1v) is 6.62. The Hall–Kier alpha value is -2.13. The predicted molar refractivity (Wildman–Crippen MR) is 78.1 cm³/mol. The van der Waals surface area contributed by atoms with Crippen molar-refractivity contribution in [3.63, 3.8) is 0 Å². The molecule has 5 N–H and O–H groups in total. The van der Waals surface area contributed by atoms with Crippen molar-refractivity contribution in [2.75, 3.05) is 25.1 Å². The molecule has 0 unspecified atom stereocenters. The number of rotatable bonds is 7. The molecule has 0 heterocycles. The van der Waals surface area contributed by atoms with E-state index >= 15 is 0 Å². The summed E-state index contributed by atoms with van der Waals surface area (Å²) >= 11 is 3.16. The lowest BCUT2D eigenvalue weighted by Gasteiger charge is -2.09. The molecule has 0 saturated heterocycles. The molecule has 0 aliphatic heterocycles. The minimum atomic E-state index is -1.10. The second-order valence-electron chi connectivity index (χ2n) is 3.93. The summed E-state index contributed by atoms with van der Waals surface area (Å²) < 4.78 is 5.39. The molecule has 114 valence electrons. The van der Waals surface area contributed by atoms with E-state index in [0.717, 1.165) is 0 Å². The summed E-state index contributed by atoms with van der Waals surface area (Å²) in [6, 6.07) is 3.79. The number of amides is 3. The summed E-state index contributed by atoms with van der Waals surface area (Å²) in [6.45, 7) is 0.102. The smallest absolute Gasteiger partial charge is 0.335 e. The number of anilines is 1. The molecular formula is C12H14BrN3O5. The highest BCUT2D eigenvalue weighted by atomic mass is 79.9. The lowest BCUT2D eigenvalue weighted by Crippen LogP contribution is -2.32. The maximum atomic E-state index is 11.6. The number of benzene rings is 1. The number of ether oxygens (including phenoxy) is 1. The molecule has 9 heteroatoms. The molecule has 8 nitrogen and oxygen atoms in total. The third-order valence-corrected chi connectivity index (χ3v) is 2.64. The number of nitrogens with one attached hydrogen (secondary N) is 2. The number of carboxylic acids is 1. The van der Waals surface area contributed by atoms with Crippen LogP contribution in [0.2, 0.25) is 0 Å². The van der Waals surface area contributed by atoms with Gasteiger partial charge in [-0.3, -0.25) is 4.79 Å². The predicted octanol–water partition coefficient (Wildman–Crippen LogP) is 0.771. The van der Waals surface area contributed by atoms with Crippen molar-refractivity contribution >= 4 is 39.5 Å². The highest BCUT2D eigenvalue weighted by Gasteiger charge is 2.08. The molecule has 1 rings (SSSR count). The van der Waals surface area contributed by atoms with Gasteiger partial charge in [-0.25, -0.2) is 9.59 Å². The van der Waals surface area contributed by atoms with Crippen LogP contribution in [0.4, 0.5) is 10.5 Å². The molecule has 1 aromatic rings. The van der Waals surface area contributed by atoms with E-state index in [2.05, 4.69) is 26.6 Å². The standard InChI is InChI=1S/C12H14BrN3O5/c13-8-3-7(11(18)19)4-9(5-8)16-12(20)15-1-2-21-6-10(14)17/h3-5H,1-2,6H2,(H2,14,17)(H,18,19)(H2,15,16,20). The summed E-state index contributed by atoms with van der Waals surface area (Å²) in [5.41, 5.74) is 5.25. The molecule has 0 spiro atoms. The Morgan fingerprint density at radius 1 is 1.29 bits per heavy atom. The van der Waals surface area contributed by atoms with Crippen LogP contribution in [0.3, 0.4) is 0 Å². The van der Waals surface area contributed by atoms with Crippen LogP contribution in [0.1, 0.15) is 10.4 Å². The third kappa shape index (κ3) is 6.72. The molecule has 3 amide bonds. The zero-order chi connectivity index (χ0) is 15.8. The van der Waals surface area contributed by atoms with Gasteiger partial charge in [-0.05, 0) is 18.2 Å². The van der Waals surface area contributed by atoms with Crippen LogP contribution in [-0.2, 0) is 9.53 Å². The second-order valence-corrected chi connectivity index (χ2v) is 4.85. The van der Waals surface area contributed by atoms with Crippen molar-refractivity contribution in [2.24, 2.45) is 5.73 Å². The zero-order valence-electron chi connectivity index (χ0n) is 10.9. The number of carbonyl (C=O) groups is 3. The summed E-state index contributed by atoms with van der Waals surface area (Å²) in [7, 11) is 0. The average Bonchev–Trinajstić information content (AvgIpc) is 2.37. The Balaban J connectivity index is 2.44. The van der Waals surface area contributed by atoms with Crippen molar-refractivity contribution in [2.45, 2.75) is 0 Å². The lowest BCUT2D eigenvalue weighted by molar-refractivity contribution is -0.122. The maximum absolute atomic E-state index is 11.6. The van der Waals surface area contributed by atoms with E-state index in [1.54, 1.807) is 6.07 Å². The van der Waals surface area contributed by atoms with Crippen LogP contribution in [0.15, 0.2) is 22.7 Å². The first-order chi connectivity index (χ1) is 9.88. The number of primary amides is 1. The fraction of sp³-hybridized carbons (Fsp3) is 0.250. The van der Waals surface area contributed by atoms with E-state index in [-0.39, 0.29) is 25.3 Å². The fourth-order valence-electron chi connectivity index (χ4n) is 1.37. The monoisotopic (exact) mass is 359 g/mol. The summed E-state index contributed by atoms with van der Waals surface area (Å²) in [5, 5.41) is 13.9. The van der Waals surface area contributed by atoms with E-state index in [1.165, 1.54) is 12.1 Å². The number of carboxylic acid groups (broad SMARTS) is 1. The second kappa shape index (κ2) is 8.22. The van der Waals surface area contributed by atoms with Crippen LogP contribution >= 0.6 is 15.9 Å². The summed E-state index contributed by atoms with van der Waals surface area (Å²) in [4.78, 5) is 32.9. The number of hydrogen-bond donors (Lipinski definition) is 4. The minimum Gasteiger partial charge on any atom is -0.478 e. The van der Waals surface area contributed by atoms with Gasteiger partial charge in [-0.15, -0.1) is 0 Å². The Morgan fingerprint density at radius 3 is 2.62 bits per heavy atom. The van der Waals surface area contributed by atoms with Crippen molar-refractivity contribution in [1.29, 1.82) is 0 Å². The molecule has 0 atom stereocenters. The van der Waals surface area contributed by atoms with Crippen LogP contribution in [0, 0.1) is 0 Å². The fourth-order valence-corrected chi connectivity index (χ4v) is 1.86. The van der Waals surface area contributed by atoms with Gasteiger partial charge in [0.1, 0.15) is 6.61 Å². The van der Waals surface area contributed by atoms with Gasteiger partial charge < -0.3 is 26.2 Å². The number of urea groups is 1. The van der Waals surface area contributed by atoms with E-state index in [0.29, 0.717) is 10.2 Å². The van der Waals surface area contributed by atoms with Crippen molar-refractivity contribution in [3.8, 4) is 0 Å². The largest absolute Gasteiger partial charge is 0.478 e. The van der Waals surface area contributed by atoms with Crippen molar-refractivity contribution < 1.29 is 24.2 Å². The molecule has 0 bridgehead atoms. The number of halogens is 1. The van der Waals surface area contributed by atoms with Crippen molar-refractivity contribution in [3.05, 3.63) is 28.2 Å². The average molecular weight is 360 g/mol. The van der Waals surface area contributed by atoms with Gasteiger partial charge in [0, 0.05) is 16.7 Å². The third-order valence-electron chi connectivity index (χ3n) is 2.18. The molecule has 21 heavy (non-hydrogen) atoms. The maximum Gasteiger partial charge on any atom is 0.335 e. The Bertz CT molecular complexity index is 550. The van der Waals surface area contributed by atoms with E-state index in [9.17, 15) is 14.4 Å². The number of aromatic carboxylic acids is 1. The lowest BCUT2D eigenvalue weighted by atomic mass is 10.2. The molecule has 0 radical (unpaired) electrons. The SMILES string of the molecule is NC(=O)COCCNC(=O)Nc1cc(Br)cc(C(=O)O)c1. The topological polar surface area (TPSA) is 131 Å². The molecule has 0 saturated carbocycles. The quantitative estimate of drug-likeness (QED) is 0.534. The van der Waals surface area contributed by atoms with Crippen LogP contribution in [-0.4, -0.2) is 42.8 Å². The molecule has 0 aliphatic carbocycles. The van der Waals surface area contributed by atoms with Gasteiger partial charge in [-0.1, -0.05) is 15.9 Å². The molecule has 1 aromatic carbocycles. The molecular weight excluding hydrogens is 346 g/mol. The Kier molecular flexibility index (Phi) is 6.63. The highest BCUT2D eigenvalue weighted by molar-refractivity contribution is 9.10. The van der Waals surface area contributed by atoms with Gasteiger partial charge in [0.05, 0.1) is 12.2 Å². The van der Waals surface area contributed by atoms with E-state index in [4.69, 9.17) is 15.6 Å². The number of carbonyl (C=O) groups excluding carboxylic acids is 2. The first kappa shape index (κ1) is 16.9. The molecule has 0 aliphatic rings. The summed E-state index contributed by atoms with van der Waals surface area (Å²) in [6.07, 6.45) is 0. The number of nitrogens with two attached hydrogens (primary N) is 1. The molecule has 0 fully saturated rings. The molecule has 0 aromatic heterocycles. The minimum absolute atomic E-state index is 0.0458. The van der Waals surface area contributed by atoms with Gasteiger partial charge in [0.15, 0.2) is 0 Å². The number of hydrogen-bond acceptors (Lipinski definition) is 4. The van der Waals surface area contributed by atoms with E-state index < -0.39 is 17.9 Å². The van der Waals surface area contributed by atoms with Gasteiger partial charge in [-0.2, -0.15) is 0 Å². The first-order valence-electron chi connectivity index (χ1n) is 5.83. The van der Waals surface area contributed by atoms with Gasteiger partial charge in [0.25, 0.3) is 0 Å². The van der Waals surface area contributed by atoms with Crippen LogP contribution < -0.4 is 16.4 Å². The van der Waals surface area contributed by atoms with E-state index in [1.807, 2.05) is 0 Å². The normalized spacial score (nSPS) is 9.95. The van der Waals surface area contributed by atoms with Crippen molar-refractivity contribution in [1.82, 2.24) is 5.32 Å². The van der Waals surface area contributed by atoms with Gasteiger partial charge in [0.2, 0.25) is 5.91 Å². The summed E-state index contributed by atoms with van der Waals surface area (Å²) in [5.74, 6) is -1.69. The Labute approximate surface area is 128 Å². The Morgan fingerprint density at radius 2 is 2.00 bits per heavy atom.